The minimum absolute atomic E-state index is 0.0345. The number of carbonyl (C=O) groups is 2. The number of unbranched alkanes of at least 4 members (excludes halogenated alkanes) is 60. The summed E-state index contributed by atoms with van der Waals surface area (Å²) in [4.78, 5) is 36.0. The first-order chi connectivity index (χ1) is 48.0. The number of hydrogen-bond acceptors (Lipinski definition) is 7. The van der Waals surface area contributed by atoms with Gasteiger partial charge in [-0.3, -0.25) is 18.6 Å². The summed E-state index contributed by atoms with van der Waals surface area (Å²) in [7, 11) is 1.50. The number of likely N-dealkylation sites (N-methyl/N-ethyl adjacent to an activating group) is 1. The zero-order chi connectivity index (χ0) is 71.1. The van der Waals surface area contributed by atoms with Crippen molar-refractivity contribution in [1.82, 2.24) is 0 Å². The summed E-state index contributed by atoms with van der Waals surface area (Å²) >= 11 is 0. The predicted molar refractivity (Wildman–Crippen MR) is 427 cm³/mol. The molecule has 0 aliphatic heterocycles. The summed E-state index contributed by atoms with van der Waals surface area (Å²) in [6.07, 6.45) is 106. The van der Waals surface area contributed by atoms with Crippen molar-refractivity contribution >= 4 is 19.8 Å². The second-order valence-corrected chi connectivity index (χ2v) is 32.4. The van der Waals surface area contributed by atoms with Gasteiger partial charge in [-0.05, 0) is 77.0 Å². The minimum atomic E-state index is -4.40. The second-order valence-electron chi connectivity index (χ2n) is 30.9. The Hall–Kier alpha value is -2.03. The SMILES string of the molecule is CCCCCCC/C=C\C/C=C\C/C=C\CCCCCCCCCCCCCCCCCCCCC(=O)OC(COC(=O)CCCCCCCCCCCCCCCCCCCCCCCCCCCCCCC/C=C\CCCCCCCCCC)COP(=O)(O)OCC[N+](C)(C)C. The van der Waals surface area contributed by atoms with Crippen LogP contribution >= 0.6 is 7.82 Å². The van der Waals surface area contributed by atoms with Gasteiger partial charge in [-0.2, -0.15) is 0 Å². The maximum Gasteiger partial charge on any atom is 0.472 e. The zero-order valence-electron chi connectivity index (χ0n) is 66.3. The summed E-state index contributed by atoms with van der Waals surface area (Å²) in [5, 5.41) is 0. The lowest BCUT2D eigenvalue weighted by Gasteiger charge is -2.24. The lowest BCUT2D eigenvalue weighted by molar-refractivity contribution is -0.870. The molecule has 0 aromatic heterocycles. The molecule has 0 radical (unpaired) electrons. The summed E-state index contributed by atoms with van der Waals surface area (Å²) < 4.78 is 34.9. The fourth-order valence-corrected chi connectivity index (χ4v) is 13.9. The molecular weight excluding hydrogens is 1230 g/mol. The number of carbonyl (C=O) groups excluding carboxylic acids is 2. The lowest BCUT2D eigenvalue weighted by atomic mass is 10.0. The molecule has 578 valence electrons. The fraction of sp³-hybridized carbons (Fsp3) is 0.886. The van der Waals surface area contributed by atoms with Gasteiger partial charge in [-0.25, -0.2) is 4.57 Å². The van der Waals surface area contributed by atoms with Crippen molar-refractivity contribution in [3.63, 3.8) is 0 Å². The van der Waals surface area contributed by atoms with Gasteiger partial charge in [-0.15, -0.1) is 0 Å². The van der Waals surface area contributed by atoms with Crippen LogP contribution in [0.15, 0.2) is 48.6 Å². The highest BCUT2D eigenvalue weighted by molar-refractivity contribution is 7.47. The van der Waals surface area contributed by atoms with Crippen molar-refractivity contribution in [2.75, 3.05) is 47.5 Å². The van der Waals surface area contributed by atoms with E-state index in [0.29, 0.717) is 23.9 Å². The van der Waals surface area contributed by atoms with Crippen LogP contribution in [-0.2, 0) is 32.7 Å². The number of esters is 2. The normalized spacial score (nSPS) is 13.2. The quantitative estimate of drug-likeness (QED) is 0.0211. The number of phosphoric ester groups is 1. The average Bonchev–Trinajstić information content (AvgIpc) is 1.08. The Kier molecular flexibility index (Phi) is 77.5. The Morgan fingerprint density at radius 1 is 0.316 bits per heavy atom. The van der Waals surface area contributed by atoms with Gasteiger partial charge in [-0.1, -0.05) is 409 Å². The molecule has 0 rings (SSSR count). The van der Waals surface area contributed by atoms with Crippen LogP contribution in [-0.4, -0.2) is 74.9 Å². The zero-order valence-corrected chi connectivity index (χ0v) is 67.2. The third-order valence-electron chi connectivity index (χ3n) is 19.8. The van der Waals surface area contributed by atoms with Gasteiger partial charge >= 0.3 is 19.8 Å². The molecule has 2 unspecified atom stereocenters. The van der Waals surface area contributed by atoms with E-state index in [1.54, 1.807) is 0 Å². The molecule has 98 heavy (non-hydrogen) atoms. The van der Waals surface area contributed by atoms with E-state index in [1.165, 1.54) is 372 Å². The van der Waals surface area contributed by atoms with E-state index < -0.39 is 26.5 Å². The molecule has 0 saturated carbocycles. The molecule has 0 spiro atoms. The van der Waals surface area contributed by atoms with Gasteiger partial charge in [0, 0.05) is 12.8 Å². The Balaban J connectivity index is 3.86. The average molecular weight is 1400 g/mol. The molecule has 0 aromatic carbocycles. The van der Waals surface area contributed by atoms with Crippen molar-refractivity contribution in [2.24, 2.45) is 0 Å². The number of nitrogens with zero attached hydrogens (tertiary/aromatic N) is 1. The van der Waals surface area contributed by atoms with E-state index in [9.17, 15) is 19.0 Å². The van der Waals surface area contributed by atoms with Crippen molar-refractivity contribution in [1.29, 1.82) is 0 Å². The largest absolute Gasteiger partial charge is 0.472 e. The number of ether oxygens (including phenoxy) is 2. The molecule has 0 aliphatic rings. The second kappa shape index (κ2) is 79.1. The lowest BCUT2D eigenvalue weighted by Crippen LogP contribution is -2.37. The molecule has 0 aromatic rings. The molecule has 1 N–H and O–H groups in total. The predicted octanol–water partition coefficient (Wildman–Crippen LogP) is 29.1. The van der Waals surface area contributed by atoms with Crippen molar-refractivity contribution in [2.45, 2.75) is 457 Å². The van der Waals surface area contributed by atoms with E-state index >= 15 is 0 Å². The van der Waals surface area contributed by atoms with Crippen LogP contribution in [0.25, 0.3) is 0 Å². The standard InChI is InChI=1S/C88H168NO8P/c1-6-8-10-12-14-16-18-20-22-24-26-28-30-32-34-36-38-40-41-42-43-44-45-46-47-49-50-52-54-56-58-60-62-64-66-68-70-72-74-76-78-80-87(90)94-84-86(85-96-98(92,93)95-83-82-89(3,4)5)97-88(91)81-79-77-75-73-71-69-67-65-63-61-59-57-55-53-51-48-39-37-35-33-31-29-27-25-23-21-19-17-15-13-11-9-7-2/h19,21,24-27,31,33,86H,6-18,20,22-23,28-30,32,34-85H2,1-5H3/p+1/b21-19-,26-24-,27-25-,33-31-. The molecule has 0 heterocycles. The van der Waals surface area contributed by atoms with Crippen LogP contribution in [0, 0.1) is 0 Å². The van der Waals surface area contributed by atoms with Gasteiger partial charge in [0.15, 0.2) is 6.10 Å². The summed E-state index contributed by atoms with van der Waals surface area (Å²) in [5.41, 5.74) is 0. The van der Waals surface area contributed by atoms with Crippen molar-refractivity contribution < 1.29 is 42.1 Å². The highest BCUT2D eigenvalue weighted by Crippen LogP contribution is 2.43. The Bertz CT molecular complexity index is 1790. The van der Waals surface area contributed by atoms with E-state index in [2.05, 4.69) is 62.5 Å². The minimum Gasteiger partial charge on any atom is -0.462 e. The van der Waals surface area contributed by atoms with Crippen molar-refractivity contribution in [3.8, 4) is 0 Å². The summed E-state index contributed by atoms with van der Waals surface area (Å²) in [6, 6.07) is 0. The molecule has 0 saturated heterocycles. The Morgan fingerprint density at radius 3 is 0.827 bits per heavy atom. The smallest absolute Gasteiger partial charge is 0.462 e. The van der Waals surface area contributed by atoms with E-state index in [1.807, 2.05) is 21.1 Å². The van der Waals surface area contributed by atoms with Gasteiger partial charge < -0.3 is 18.9 Å². The van der Waals surface area contributed by atoms with Gasteiger partial charge in [0.2, 0.25) is 0 Å². The van der Waals surface area contributed by atoms with Gasteiger partial charge in [0.25, 0.3) is 0 Å². The molecular formula is C88H169NO8P+. The van der Waals surface area contributed by atoms with Crippen LogP contribution < -0.4 is 0 Å². The fourth-order valence-electron chi connectivity index (χ4n) is 13.2. The van der Waals surface area contributed by atoms with Crippen LogP contribution in [0.1, 0.15) is 450 Å². The van der Waals surface area contributed by atoms with Crippen LogP contribution in [0.4, 0.5) is 0 Å². The number of phosphoric acid groups is 1. The van der Waals surface area contributed by atoms with E-state index in [0.717, 1.165) is 44.9 Å². The first-order valence-corrected chi connectivity index (χ1v) is 44.9. The van der Waals surface area contributed by atoms with Gasteiger partial charge in [0.1, 0.15) is 19.8 Å². The molecule has 2 atom stereocenters. The first-order valence-electron chi connectivity index (χ1n) is 43.4. The van der Waals surface area contributed by atoms with E-state index in [-0.39, 0.29) is 25.6 Å². The maximum absolute atomic E-state index is 12.9. The molecule has 0 amide bonds. The molecule has 10 heteroatoms. The number of quaternary nitrogens is 1. The Morgan fingerprint density at radius 2 is 0.551 bits per heavy atom. The van der Waals surface area contributed by atoms with E-state index in [4.69, 9.17) is 18.5 Å². The highest BCUT2D eigenvalue weighted by atomic mass is 31.2. The topological polar surface area (TPSA) is 108 Å². The number of allylic oxidation sites excluding steroid dienone is 8. The molecule has 0 fully saturated rings. The molecule has 9 nitrogen and oxygen atoms in total. The highest BCUT2D eigenvalue weighted by Gasteiger charge is 2.27. The van der Waals surface area contributed by atoms with Crippen LogP contribution in [0.2, 0.25) is 0 Å². The molecule has 0 aliphatic carbocycles. The summed E-state index contributed by atoms with van der Waals surface area (Å²) in [5.74, 6) is -0.772. The van der Waals surface area contributed by atoms with Crippen LogP contribution in [0.3, 0.4) is 0 Å². The van der Waals surface area contributed by atoms with Crippen LogP contribution in [0.5, 0.6) is 0 Å². The molecule has 0 bridgehead atoms. The van der Waals surface area contributed by atoms with Crippen molar-refractivity contribution in [3.05, 3.63) is 48.6 Å². The monoisotopic (exact) mass is 1400 g/mol. The number of rotatable bonds is 82. The Labute approximate surface area is 611 Å². The third-order valence-corrected chi connectivity index (χ3v) is 20.8. The summed E-state index contributed by atoms with van der Waals surface area (Å²) in [6.45, 7) is 4.50. The van der Waals surface area contributed by atoms with Gasteiger partial charge in [0.05, 0.1) is 27.7 Å². The first kappa shape index (κ1) is 96.0. The third kappa shape index (κ3) is 82.9. The maximum atomic E-state index is 12.9. The number of hydrogen-bond donors (Lipinski definition) is 1.